The number of para-hydroxylation sites is 1. The lowest BCUT2D eigenvalue weighted by Crippen LogP contribution is -2.25. The lowest BCUT2D eigenvalue weighted by molar-refractivity contribution is -0.115. The molecule has 10 heteroatoms. The molecule has 0 aliphatic heterocycles. The number of sulfonamides is 1. The number of methoxy groups -OCH3 is 1. The Labute approximate surface area is 150 Å². The Morgan fingerprint density at radius 1 is 1.28 bits per heavy atom. The van der Waals surface area contributed by atoms with Crippen molar-refractivity contribution < 1.29 is 17.9 Å². The Morgan fingerprint density at radius 2 is 2.04 bits per heavy atom. The number of carbonyl (C=O) groups is 1. The predicted octanol–water partition coefficient (Wildman–Crippen LogP) is 1.81. The van der Waals surface area contributed by atoms with Crippen LogP contribution in [0.3, 0.4) is 0 Å². The van der Waals surface area contributed by atoms with Crippen LogP contribution >= 0.6 is 11.3 Å². The van der Waals surface area contributed by atoms with E-state index in [1.54, 1.807) is 14.0 Å². The summed E-state index contributed by atoms with van der Waals surface area (Å²) in [6.45, 7) is 1.95. The van der Waals surface area contributed by atoms with Crippen molar-refractivity contribution in [2.45, 2.75) is 30.5 Å². The summed E-state index contributed by atoms with van der Waals surface area (Å²) >= 11 is 0.819. The van der Waals surface area contributed by atoms with E-state index < -0.39 is 10.0 Å². The van der Waals surface area contributed by atoms with Crippen LogP contribution in [0, 0.1) is 0 Å². The number of nitrogens with zero attached hydrogens (tertiary/aromatic N) is 2. The molecule has 2 aromatic rings. The first-order valence-electron chi connectivity index (χ1n) is 7.71. The van der Waals surface area contributed by atoms with Crippen molar-refractivity contribution in [2.75, 3.05) is 19.0 Å². The van der Waals surface area contributed by atoms with Gasteiger partial charge in [0.1, 0.15) is 5.75 Å². The van der Waals surface area contributed by atoms with E-state index in [9.17, 15) is 13.2 Å². The van der Waals surface area contributed by atoms with Crippen LogP contribution in [0.5, 0.6) is 5.75 Å². The summed E-state index contributed by atoms with van der Waals surface area (Å²) in [5.41, 5.74) is 1.02. The maximum Gasteiger partial charge on any atom is 0.269 e. The Balaban J connectivity index is 1.88. The van der Waals surface area contributed by atoms with Gasteiger partial charge < -0.3 is 10.1 Å². The first kappa shape index (κ1) is 19.3. The smallest absolute Gasteiger partial charge is 0.269 e. The molecular weight excluding hydrogens is 364 g/mol. The van der Waals surface area contributed by atoms with E-state index in [1.165, 1.54) is 0 Å². The molecular formula is C15H20N4O4S2. The summed E-state index contributed by atoms with van der Waals surface area (Å²) in [7, 11) is -2.14. The number of hydrogen-bond acceptors (Lipinski definition) is 7. The Kier molecular flexibility index (Phi) is 6.85. The molecule has 0 radical (unpaired) electrons. The topological polar surface area (TPSA) is 110 Å². The molecule has 0 saturated carbocycles. The quantitative estimate of drug-likeness (QED) is 0.504. The third-order valence-corrected chi connectivity index (χ3v) is 5.98. The summed E-state index contributed by atoms with van der Waals surface area (Å²) in [5.74, 6) is 0.538. The van der Waals surface area contributed by atoms with Crippen LogP contribution in [0.2, 0.25) is 0 Å². The largest absolute Gasteiger partial charge is 0.496 e. The maximum absolute atomic E-state index is 12.2. The average molecular weight is 384 g/mol. The van der Waals surface area contributed by atoms with Crippen molar-refractivity contribution in [3.05, 3.63) is 29.8 Å². The van der Waals surface area contributed by atoms with E-state index in [0.717, 1.165) is 22.6 Å². The van der Waals surface area contributed by atoms with Crippen LogP contribution in [0.25, 0.3) is 0 Å². The number of carbonyl (C=O) groups excluding carboxylic acids is 1. The second-order valence-corrected chi connectivity index (χ2v) is 8.01. The molecule has 25 heavy (non-hydrogen) atoms. The molecule has 2 rings (SSSR count). The molecule has 0 atom stereocenters. The zero-order chi connectivity index (χ0) is 18.3. The molecule has 0 aliphatic carbocycles. The van der Waals surface area contributed by atoms with Gasteiger partial charge in [-0.3, -0.25) is 4.79 Å². The van der Waals surface area contributed by atoms with Crippen molar-refractivity contribution in [1.29, 1.82) is 0 Å². The molecule has 1 amide bonds. The minimum Gasteiger partial charge on any atom is -0.496 e. The molecule has 0 spiro atoms. The van der Waals surface area contributed by atoms with Crippen LogP contribution in [-0.4, -0.2) is 38.2 Å². The predicted molar refractivity (Wildman–Crippen MR) is 95.3 cm³/mol. The molecule has 0 unspecified atom stereocenters. The number of nitrogens with one attached hydrogen (secondary N) is 2. The van der Waals surface area contributed by atoms with E-state index in [4.69, 9.17) is 4.74 Å². The Bertz CT molecular complexity index is 820. The lowest BCUT2D eigenvalue weighted by atomic mass is 10.1. The highest BCUT2D eigenvalue weighted by Gasteiger charge is 2.20. The van der Waals surface area contributed by atoms with Gasteiger partial charge in [-0.2, -0.15) is 0 Å². The summed E-state index contributed by atoms with van der Waals surface area (Å²) in [6, 6.07) is 7.61. The van der Waals surface area contributed by atoms with Gasteiger partial charge in [-0.25, -0.2) is 13.1 Å². The van der Waals surface area contributed by atoms with Gasteiger partial charge >= 0.3 is 0 Å². The minimum atomic E-state index is -3.74. The molecule has 8 nitrogen and oxygen atoms in total. The molecule has 0 bridgehead atoms. The van der Waals surface area contributed by atoms with Gasteiger partial charge in [-0.15, -0.1) is 10.2 Å². The Hall–Kier alpha value is -2.04. The molecule has 2 N–H and O–H groups in total. The van der Waals surface area contributed by atoms with Gasteiger partial charge in [0.2, 0.25) is 15.4 Å². The van der Waals surface area contributed by atoms with Gasteiger partial charge in [0.25, 0.3) is 10.0 Å². The second kappa shape index (κ2) is 8.88. The van der Waals surface area contributed by atoms with Gasteiger partial charge in [-0.05, 0) is 24.5 Å². The van der Waals surface area contributed by atoms with Crippen LogP contribution in [0.1, 0.15) is 25.3 Å². The number of aryl methyl sites for hydroxylation is 1. The number of anilines is 1. The van der Waals surface area contributed by atoms with Crippen LogP contribution < -0.4 is 14.8 Å². The van der Waals surface area contributed by atoms with E-state index >= 15 is 0 Å². The van der Waals surface area contributed by atoms with Crippen LogP contribution in [0.4, 0.5) is 5.13 Å². The average Bonchev–Trinajstić information content (AvgIpc) is 3.08. The summed E-state index contributed by atoms with van der Waals surface area (Å²) in [4.78, 5) is 11.3. The van der Waals surface area contributed by atoms with Crippen LogP contribution in [0.15, 0.2) is 28.6 Å². The zero-order valence-electron chi connectivity index (χ0n) is 14.0. The third kappa shape index (κ3) is 5.48. The van der Waals surface area contributed by atoms with Crippen molar-refractivity contribution in [3.63, 3.8) is 0 Å². The lowest BCUT2D eigenvalue weighted by Gasteiger charge is -2.08. The summed E-state index contributed by atoms with van der Waals surface area (Å²) < 4.78 is 32.0. The molecule has 0 fully saturated rings. The normalized spacial score (nSPS) is 11.3. The number of aromatic nitrogens is 2. The van der Waals surface area contributed by atoms with E-state index in [-0.39, 0.29) is 28.3 Å². The number of hydrogen-bond donors (Lipinski definition) is 2. The van der Waals surface area contributed by atoms with Crippen molar-refractivity contribution in [2.24, 2.45) is 0 Å². The highest BCUT2D eigenvalue weighted by molar-refractivity contribution is 7.91. The molecule has 1 aromatic heterocycles. The summed E-state index contributed by atoms with van der Waals surface area (Å²) in [6.07, 6.45) is 1.57. The van der Waals surface area contributed by atoms with Gasteiger partial charge in [0, 0.05) is 13.0 Å². The highest BCUT2D eigenvalue weighted by Crippen LogP contribution is 2.21. The third-order valence-electron chi connectivity index (χ3n) is 3.31. The second-order valence-electron chi connectivity index (χ2n) is 5.09. The number of amides is 1. The van der Waals surface area contributed by atoms with E-state index in [2.05, 4.69) is 20.2 Å². The molecule has 1 heterocycles. The SMILES string of the molecule is CCC(=O)Nc1nnc(S(=O)(=O)NCCCc2ccccc2OC)s1. The number of benzene rings is 1. The number of rotatable bonds is 9. The fourth-order valence-corrected chi connectivity index (χ4v) is 4.06. The highest BCUT2D eigenvalue weighted by atomic mass is 32.2. The molecule has 0 saturated heterocycles. The fourth-order valence-electron chi connectivity index (χ4n) is 2.03. The van der Waals surface area contributed by atoms with Crippen LogP contribution in [-0.2, 0) is 21.2 Å². The summed E-state index contributed by atoms with van der Waals surface area (Å²) in [5, 5.41) is 9.95. The van der Waals surface area contributed by atoms with Gasteiger partial charge in [-0.1, -0.05) is 36.5 Å². The first-order valence-corrected chi connectivity index (χ1v) is 10.0. The monoisotopic (exact) mass is 384 g/mol. The standard InChI is InChI=1S/C15H20N4O4S2/c1-3-13(20)17-14-18-19-15(24-14)25(21,22)16-10-6-8-11-7-4-5-9-12(11)23-2/h4-5,7,9,16H,3,6,8,10H2,1-2H3,(H,17,18,20). The van der Waals surface area contributed by atoms with Crippen molar-refractivity contribution in [3.8, 4) is 5.75 Å². The zero-order valence-corrected chi connectivity index (χ0v) is 15.6. The molecule has 136 valence electrons. The maximum atomic E-state index is 12.2. The minimum absolute atomic E-state index is 0.168. The fraction of sp³-hybridized carbons (Fsp3) is 0.400. The van der Waals surface area contributed by atoms with Gasteiger partial charge in [0.05, 0.1) is 7.11 Å². The van der Waals surface area contributed by atoms with Crippen molar-refractivity contribution in [1.82, 2.24) is 14.9 Å². The molecule has 0 aliphatic rings. The molecule has 1 aromatic carbocycles. The van der Waals surface area contributed by atoms with Crippen molar-refractivity contribution >= 4 is 32.4 Å². The van der Waals surface area contributed by atoms with E-state index in [1.807, 2.05) is 24.3 Å². The first-order chi connectivity index (χ1) is 12.0. The number of ether oxygens (including phenoxy) is 1. The van der Waals surface area contributed by atoms with Gasteiger partial charge in [0.15, 0.2) is 0 Å². The van der Waals surface area contributed by atoms with E-state index in [0.29, 0.717) is 12.8 Å². The Morgan fingerprint density at radius 3 is 2.76 bits per heavy atom.